The van der Waals surface area contributed by atoms with Gasteiger partial charge in [-0.15, -0.1) is 0 Å². The fourth-order valence-electron chi connectivity index (χ4n) is 1.92. The van der Waals surface area contributed by atoms with Crippen molar-refractivity contribution in [1.29, 1.82) is 0 Å². The van der Waals surface area contributed by atoms with E-state index in [4.69, 9.17) is 9.47 Å². The Labute approximate surface area is 136 Å². The molecule has 21 heavy (non-hydrogen) atoms. The lowest BCUT2D eigenvalue weighted by molar-refractivity contribution is 0.134. The van der Waals surface area contributed by atoms with E-state index in [1.807, 2.05) is 18.2 Å². The van der Waals surface area contributed by atoms with Gasteiger partial charge in [0.15, 0.2) is 11.5 Å². The second-order valence-corrected chi connectivity index (χ2v) is 5.63. The van der Waals surface area contributed by atoms with Gasteiger partial charge in [0.05, 0.1) is 13.7 Å². The molecule has 0 bridgehead atoms. The van der Waals surface area contributed by atoms with Crippen LogP contribution in [0.5, 0.6) is 11.5 Å². The molecule has 3 nitrogen and oxygen atoms in total. The van der Waals surface area contributed by atoms with E-state index in [9.17, 15) is 5.11 Å². The number of hydrogen-bond donors (Lipinski definition) is 1. The normalized spacial score (nSPS) is 11.1. The van der Waals surface area contributed by atoms with Crippen molar-refractivity contribution in [3.05, 3.63) is 29.8 Å². The summed E-state index contributed by atoms with van der Waals surface area (Å²) in [7, 11) is 1.55. The number of ether oxygens (including phenoxy) is 2. The van der Waals surface area contributed by atoms with Crippen LogP contribution in [0, 0.1) is 0 Å². The van der Waals surface area contributed by atoms with E-state index >= 15 is 0 Å². The fraction of sp³-hybridized carbons (Fsp3) is 0.529. The van der Waals surface area contributed by atoms with Crippen molar-refractivity contribution in [3.63, 3.8) is 0 Å². The van der Waals surface area contributed by atoms with E-state index in [1.54, 1.807) is 13.2 Å². The van der Waals surface area contributed by atoms with Crippen LogP contribution in [-0.2, 0) is 4.74 Å². The zero-order valence-electron chi connectivity index (χ0n) is 12.7. The summed E-state index contributed by atoms with van der Waals surface area (Å²) in [5.74, 6) is 0.662. The van der Waals surface area contributed by atoms with E-state index in [1.165, 1.54) is 19.3 Å². The van der Waals surface area contributed by atoms with Crippen molar-refractivity contribution in [2.24, 2.45) is 0 Å². The molecule has 0 saturated heterocycles. The first-order chi connectivity index (χ1) is 10.3. The average molecular weight is 357 g/mol. The molecule has 0 aliphatic carbocycles. The molecule has 0 radical (unpaired) electrons. The quantitative estimate of drug-likeness (QED) is 0.458. The third kappa shape index (κ3) is 8.12. The van der Waals surface area contributed by atoms with Gasteiger partial charge in [-0.25, -0.2) is 0 Å². The van der Waals surface area contributed by atoms with Gasteiger partial charge in [-0.3, -0.25) is 0 Å². The molecule has 118 valence electrons. The molecule has 1 aromatic rings. The highest BCUT2D eigenvalue weighted by Gasteiger charge is 1.99. The maximum Gasteiger partial charge on any atom is 0.161 e. The third-order valence-corrected chi connectivity index (χ3v) is 3.68. The minimum absolute atomic E-state index is 0.165. The topological polar surface area (TPSA) is 38.7 Å². The third-order valence-electron chi connectivity index (χ3n) is 3.12. The molecule has 0 atom stereocenters. The number of aromatic hydroxyl groups is 1. The smallest absolute Gasteiger partial charge is 0.161 e. The molecule has 1 rings (SSSR count). The summed E-state index contributed by atoms with van der Waals surface area (Å²) in [4.78, 5) is 0. The average Bonchev–Trinajstić information content (AvgIpc) is 2.50. The molecule has 0 unspecified atom stereocenters. The van der Waals surface area contributed by atoms with E-state index < -0.39 is 0 Å². The maximum atomic E-state index is 9.51. The number of methoxy groups -OCH3 is 1. The lowest BCUT2D eigenvalue weighted by Gasteiger charge is -2.04. The summed E-state index contributed by atoms with van der Waals surface area (Å²) in [5, 5.41) is 10.6. The number of unbranched alkanes of at least 4 members (excludes halogenated alkanes) is 3. The molecule has 0 aliphatic heterocycles. The van der Waals surface area contributed by atoms with Crippen molar-refractivity contribution in [2.45, 2.75) is 32.1 Å². The molecule has 0 spiro atoms. The number of halogens is 1. The van der Waals surface area contributed by atoms with E-state index in [0.29, 0.717) is 5.75 Å². The van der Waals surface area contributed by atoms with Gasteiger partial charge in [0.2, 0.25) is 0 Å². The molecule has 0 aliphatic rings. The Morgan fingerprint density at radius 2 is 1.95 bits per heavy atom. The molecule has 0 heterocycles. The maximum absolute atomic E-state index is 9.51. The standard InChI is InChI=1S/C17H25BrO3/c1-20-17-14-15(9-10-16(17)19)8-4-7-13-21-12-6-3-2-5-11-18/h4,8-10,14,19H,2-3,5-7,11-13H2,1H3. The molecule has 4 heteroatoms. The van der Waals surface area contributed by atoms with Crippen LogP contribution in [-0.4, -0.2) is 30.8 Å². The van der Waals surface area contributed by atoms with Crippen molar-refractivity contribution in [3.8, 4) is 11.5 Å². The number of phenols is 1. The Hall–Kier alpha value is -1.00. The van der Waals surface area contributed by atoms with Gasteiger partial charge in [-0.05, 0) is 37.0 Å². The minimum Gasteiger partial charge on any atom is -0.504 e. The molecule has 1 N–H and O–H groups in total. The highest BCUT2D eigenvalue weighted by atomic mass is 79.9. The van der Waals surface area contributed by atoms with Crippen LogP contribution >= 0.6 is 15.9 Å². The second kappa shape index (κ2) is 11.6. The SMILES string of the molecule is COc1cc(C=CCCOCCCCCCBr)ccc1O. The van der Waals surface area contributed by atoms with Crippen LogP contribution in [0.2, 0.25) is 0 Å². The van der Waals surface area contributed by atoms with Gasteiger partial charge in [0.25, 0.3) is 0 Å². The van der Waals surface area contributed by atoms with Gasteiger partial charge < -0.3 is 14.6 Å². The van der Waals surface area contributed by atoms with Gasteiger partial charge in [-0.1, -0.05) is 47.0 Å². The van der Waals surface area contributed by atoms with Crippen LogP contribution in [0.25, 0.3) is 6.08 Å². The van der Waals surface area contributed by atoms with Crippen molar-refractivity contribution in [1.82, 2.24) is 0 Å². The van der Waals surface area contributed by atoms with Crippen LogP contribution in [0.1, 0.15) is 37.7 Å². The zero-order valence-corrected chi connectivity index (χ0v) is 14.3. The lowest BCUT2D eigenvalue weighted by atomic mass is 10.2. The summed E-state index contributed by atoms with van der Waals surface area (Å²) in [5.41, 5.74) is 1.01. The van der Waals surface area contributed by atoms with Crippen LogP contribution < -0.4 is 4.74 Å². The predicted molar refractivity (Wildman–Crippen MR) is 91.4 cm³/mol. The largest absolute Gasteiger partial charge is 0.504 e. The first-order valence-electron chi connectivity index (χ1n) is 7.45. The molecular formula is C17H25BrO3. The molecular weight excluding hydrogens is 332 g/mol. The van der Waals surface area contributed by atoms with Crippen LogP contribution in [0.15, 0.2) is 24.3 Å². The highest BCUT2D eigenvalue weighted by Crippen LogP contribution is 2.26. The number of rotatable bonds is 11. The Bertz CT molecular complexity index is 418. The van der Waals surface area contributed by atoms with Gasteiger partial charge in [0.1, 0.15) is 0 Å². The van der Waals surface area contributed by atoms with Crippen molar-refractivity contribution in [2.75, 3.05) is 25.7 Å². The predicted octanol–water partition coefficient (Wildman–Crippen LogP) is 4.78. The Morgan fingerprint density at radius 3 is 2.71 bits per heavy atom. The molecule has 0 saturated carbocycles. The first-order valence-corrected chi connectivity index (χ1v) is 8.57. The molecule has 0 fully saturated rings. The molecule has 1 aromatic carbocycles. The van der Waals surface area contributed by atoms with Crippen molar-refractivity contribution >= 4 is 22.0 Å². The number of benzene rings is 1. The highest BCUT2D eigenvalue weighted by molar-refractivity contribution is 9.09. The van der Waals surface area contributed by atoms with Crippen LogP contribution in [0.3, 0.4) is 0 Å². The van der Waals surface area contributed by atoms with Gasteiger partial charge in [0, 0.05) is 11.9 Å². The Balaban J connectivity index is 2.12. The summed E-state index contributed by atoms with van der Waals surface area (Å²) in [6.07, 6.45) is 9.90. The zero-order chi connectivity index (χ0) is 15.3. The summed E-state index contributed by atoms with van der Waals surface area (Å²) < 4.78 is 10.7. The lowest BCUT2D eigenvalue weighted by Crippen LogP contribution is -1.96. The fourth-order valence-corrected chi connectivity index (χ4v) is 2.32. The van der Waals surface area contributed by atoms with Gasteiger partial charge >= 0.3 is 0 Å². The molecule has 0 amide bonds. The van der Waals surface area contributed by atoms with E-state index in [0.717, 1.165) is 36.9 Å². The Morgan fingerprint density at radius 1 is 1.14 bits per heavy atom. The monoisotopic (exact) mass is 356 g/mol. The van der Waals surface area contributed by atoms with Gasteiger partial charge in [-0.2, -0.15) is 0 Å². The minimum atomic E-state index is 0.165. The Kier molecular flexibility index (Phi) is 10.0. The number of phenolic OH excluding ortho intramolecular Hbond substituents is 1. The second-order valence-electron chi connectivity index (χ2n) is 4.84. The van der Waals surface area contributed by atoms with E-state index in [-0.39, 0.29) is 5.75 Å². The van der Waals surface area contributed by atoms with Crippen LogP contribution in [0.4, 0.5) is 0 Å². The summed E-state index contributed by atoms with van der Waals surface area (Å²) in [6, 6.07) is 5.32. The van der Waals surface area contributed by atoms with Crippen molar-refractivity contribution < 1.29 is 14.6 Å². The summed E-state index contributed by atoms with van der Waals surface area (Å²) >= 11 is 3.43. The summed E-state index contributed by atoms with van der Waals surface area (Å²) in [6.45, 7) is 1.60. The number of hydrogen-bond acceptors (Lipinski definition) is 3. The number of alkyl halides is 1. The first kappa shape index (κ1) is 18.1. The molecule has 0 aromatic heterocycles. The van der Waals surface area contributed by atoms with E-state index in [2.05, 4.69) is 22.0 Å².